The summed E-state index contributed by atoms with van der Waals surface area (Å²) in [5, 5.41) is -0.0607. The SMILES string of the molecule is CCOC(=O)c1c(F)c(C(=O)OCC)c(C#Cc2ccccc2)c(N2[Si](C)(C)CC[Si]2(C)C)c1Cl. The van der Waals surface area contributed by atoms with E-state index in [1.54, 1.807) is 13.8 Å². The molecule has 0 aliphatic carbocycles. The van der Waals surface area contributed by atoms with E-state index in [1.165, 1.54) is 0 Å². The third-order valence-corrected chi connectivity index (χ3v) is 16.5. The number of halogens is 2. The summed E-state index contributed by atoms with van der Waals surface area (Å²) in [5.41, 5.74) is 0.491. The van der Waals surface area contributed by atoms with E-state index in [1.807, 2.05) is 30.3 Å². The van der Waals surface area contributed by atoms with Gasteiger partial charge < -0.3 is 13.7 Å². The number of carbonyl (C=O) groups is 2. The zero-order chi connectivity index (χ0) is 26.0. The molecule has 0 unspecified atom stereocenters. The molecule has 1 aliphatic heterocycles. The fourth-order valence-electron chi connectivity index (χ4n) is 4.70. The van der Waals surface area contributed by atoms with Crippen LogP contribution in [0.2, 0.25) is 43.3 Å². The monoisotopic (exact) mass is 531 g/mol. The molecule has 1 heterocycles. The minimum atomic E-state index is -2.07. The number of ether oxygens (including phenoxy) is 2. The third kappa shape index (κ3) is 5.32. The molecule has 3 rings (SSSR count). The van der Waals surface area contributed by atoms with Crippen LogP contribution >= 0.6 is 11.6 Å². The zero-order valence-corrected chi connectivity index (χ0v) is 23.8. The van der Waals surface area contributed by atoms with Gasteiger partial charge in [0, 0.05) is 5.56 Å². The third-order valence-electron chi connectivity index (χ3n) is 6.20. The maximum atomic E-state index is 16.0. The molecule has 35 heavy (non-hydrogen) atoms. The van der Waals surface area contributed by atoms with Crippen LogP contribution in [0.4, 0.5) is 10.1 Å². The van der Waals surface area contributed by atoms with Crippen LogP contribution in [0, 0.1) is 17.7 Å². The van der Waals surface area contributed by atoms with Crippen LogP contribution in [-0.4, -0.2) is 41.6 Å². The number of hydrogen-bond acceptors (Lipinski definition) is 5. The van der Waals surface area contributed by atoms with E-state index in [9.17, 15) is 9.59 Å². The molecule has 0 atom stereocenters. The Morgan fingerprint density at radius 2 is 1.46 bits per heavy atom. The number of hydrogen-bond donors (Lipinski definition) is 0. The van der Waals surface area contributed by atoms with Gasteiger partial charge in [0.05, 0.1) is 29.5 Å². The first-order valence-corrected chi connectivity index (χ1v) is 18.4. The lowest BCUT2D eigenvalue weighted by Gasteiger charge is -2.43. The van der Waals surface area contributed by atoms with Gasteiger partial charge in [0.1, 0.15) is 27.6 Å². The van der Waals surface area contributed by atoms with Crippen LogP contribution < -0.4 is 4.23 Å². The zero-order valence-electron chi connectivity index (χ0n) is 21.1. The second-order valence-electron chi connectivity index (χ2n) is 9.62. The quantitative estimate of drug-likeness (QED) is 0.252. The molecule has 2 aromatic rings. The summed E-state index contributed by atoms with van der Waals surface area (Å²) in [5.74, 6) is 3.23. The second kappa shape index (κ2) is 10.6. The largest absolute Gasteiger partial charge is 0.462 e. The first kappa shape index (κ1) is 27.0. The fraction of sp³-hybridized carbons (Fsp3) is 0.385. The standard InChI is InChI=1S/C26H31ClFNO4Si2/c1-7-32-25(30)20-19(15-14-18-12-10-9-11-13-18)24(29-34(3,4)16-17-35(29,5)6)22(27)21(23(20)28)26(31)33-8-2/h9-13H,7-8,16-17H2,1-6H3. The predicted molar refractivity (Wildman–Crippen MR) is 143 cm³/mol. The van der Waals surface area contributed by atoms with Crippen LogP contribution in [0.15, 0.2) is 30.3 Å². The molecule has 0 saturated carbocycles. The van der Waals surface area contributed by atoms with Crippen molar-refractivity contribution in [3.8, 4) is 11.8 Å². The van der Waals surface area contributed by atoms with E-state index in [0.29, 0.717) is 11.3 Å². The molecule has 0 N–H and O–H groups in total. The molecule has 1 saturated heterocycles. The minimum absolute atomic E-state index is 0.0401. The minimum Gasteiger partial charge on any atom is -0.462 e. The molecular weight excluding hydrogens is 501 g/mol. The smallest absolute Gasteiger partial charge is 0.342 e. The Morgan fingerprint density at radius 3 is 1.97 bits per heavy atom. The van der Waals surface area contributed by atoms with Crippen molar-refractivity contribution in [1.82, 2.24) is 0 Å². The lowest BCUT2D eigenvalue weighted by Crippen LogP contribution is -2.56. The summed E-state index contributed by atoms with van der Waals surface area (Å²) in [6.07, 6.45) is 0. The average molecular weight is 532 g/mol. The number of rotatable bonds is 5. The maximum Gasteiger partial charge on any atom is 0.342 e. The number of benzene rings is 2. The average Bonchev–Trinajstić information content (AvgIpc) is 3.01. The lowest BCUT2D eigenvalue weighted by molar-refractivity contribution is 0.0514. The van der Waals surface area contributed by atoms with Crippen molar-refractivity contribution in [2.75, 3.05) is 17.4 Å². The van der Waals surface area contributed by atoms with Gasteiger partial charge in [-0.3, -0.25) is 0 Å². The maximum absolute atomic E-state index is 16.0. The van der Waals surface area contributed by atoms with Gasteiger partial charge >= 0.3 is 11.9 Å². The van der Waals surface area contributed by atoms with Gasteiger partial charge in [0.2, 0.25) is 0 Å². The fourth-order valence-corrected chi connectivity index (χ4v) is 19.4. The van der Waals surface area contributed by atoms with Crippen LogP contribution in [0.5, 0.6) is 0 Å². The van der Waals surface area contributed by atoms with Crippen LogP contribution in [-0.2, 0) is 9.47 Å². The summed E-state index contributed by atoms with van der Waals surface area (Å²) in [7, 11) is -4.14. The molecule has 0 amide bonds. The Morgan fingerprint density at radius 1 is 0.943 bits per heavy atom. The van der Waals surface area contributed by atoms with Gasteiger partial charge in [-0.05, 0) is 38.1 Å². The van der Waals surface area contributed by atoms with Crippen molar-refractivity contribution < 1.29 is 23.5 Å². The molecular formula is C26H31ClFNO4Si2. The van der Waals surface area contributed by atoms with E-state index in [2.05, 4.69) is 42.3 Å². The topological polar surface area (TPSA) is 55.8 Å². The molecule has 5 nitrogen and oxygen atoms in total. The second-order valence-corrected chi connectivity index (χ2v) is 19.6. The molecule has 0 bridgehead atoms. The van der Waals surface area contributed by atoms with E-state index in [4.69, 9.17) is 21.1 Å². The van der Waals surface area contributed by atoms with E-state index >= 15 is 4.39 Å². The van der Waals surface area contributed by atoms with Gasteiger partial charge in [0.25, 0.3) is 0 Å². The molecule has 1 fully saturated rings. The number of esters is 2. The summed E-state index contributed by atoms with van der Waals surface area (Å²) >= 11 is 6.86. The molecule has 186 valence electrons. The molecule has 2 aromatic carbocycles. The molecule has 0 spiro atoms. The van der Waals surface area contributed by atoms with Crippen molar-refractivity contribution in [3.63, 3.8) is 0 Å². The summed E-state index contributed by atoms with van der Waals surface area (Å²) in [6.45, 7) is 12.2. The Labute approximate surface area is 213 Å². The van der Waals surface area contributed by atoms with Gasteiger partial charge in [-0.1, -0.05) is 67.8 Å². The van der Waals surface area contributed by atoms with Crippen molar-refractivity contribution in [1.29, 1.82) is 0 Å². The van der Waals surface area contributed by atoms with Crippen LogP contribution in [0.25, 0.3) is 0 Å². The lowest BCUT2D eigenvalue weighted by atomic mass is 9.99. The molecule has 9 heteroatoms. The number of carbonyl (C=O) groups excluding carboxylic acids is 2. The summed E-state index contributed by atoms with van der Waals surface area (Å²) in [6, 6.07) is 11.3. The Bertz CT molecular complexity index is 1190. The van der Waals surface area contributed by atoms with Crippen LogP contribution in [0.1, 0.15) is 45.7 Å². The van der Waals surface area contributed by atoms with Crippen molar-refractivity contribution in [2.45, 2.75) is 52.1 Å². The van der Waals surface area contributed by atoms with Crippen molar-refractivity contribution in [2.24, 2.45) is 0 Å². The number of nitrogens with zero attached hydrogens (tertiary/aromatic N) is 1. The van der Waals surface area contributed by atoms with Gasteiger partial charge in [-0.2, -0.15) is 0 Å². The summed E-state index contributed by atoms with van der Waals surface area (Å²) in [4.78, 5) is 26.0. The van der Waals surface area contributed by atoms with Crippen LogP contribution in [0.3, 0.4) is 0 Å². The molecule has 1 aliphatic rings. The van der Waals surface area contributed by atoms with Crippen molar-refractivity contribution >= 4 is 45.7 Å². The van der Waals surface area contributed by atoms with E-state index < -0.39 is 39.8 Å². The first-order chi connectivity index (χ1) is 16.5. The molecule has 0 radical (unpaired) electrons. The Hall–Kier alpha value is -2.61. The summed E-state index contributed by atoms with van der Waals surface area (Å²) < 4.78 is 28.6. The van der Waals surface area contributed by atoms with E-state index in [-0.39, 0.29) is 29.4 Å². The highest BCUT2D eigenvalue weighted by Crippen LogP contribution is 2.47. The normalized spacial score (nSPS) is 15.8. The highest BCUT2D eigenvalue weighted by atomic mass is 35.5. The van der Waals surface area contributed by atoms with Crippen molar-refractivity contribution in [3.05, 3.63) is 63.4 Å². The van der Waals surface area contributed by atoms with Gasteiger partial charge in [0.15, 0.2) is 5.82 Å². The number of anilines is 1. The Kier molecular flexibility index (Phi) is 8.15. The Balaban J connectivity index is 2.48. The molecule has 0 aromatic heterocycles. The highest BCUT2D eigenvalue weighted by Gasteiger charge is 2.50. The van der Waals surface area contributed by atoms with E-state index in [0.717, 1.165) is 12.1 Å². The van der Waals surface area contributed by atoms with Gasteiger partial charge in [-0.15, -0.1) is 0 Å². The predicted octanol–water partition coefficient (Wildman–Crippen LogP) is 6.46. The van der Waals surface area contributed by atoms with Gasteiger partial charge in [-0.25, -0.2) is 14.0 Å². The first-order valence-electron chi connectivity index (χ1n) is 11.7. The highest BCUT2D eigenvalue weighted by molar-refractivity contribution is 7.04.